The minimum Gasteiger partial charge on any atom is -0.497 e. The van der Waals surface area contributed by atoms with Crippen molar-refractivity contribution in [3.05, 3.63) is 48.2 Å². The Balaban J connectivity index is 1.81. The number of carbonyl (C=O) groups excluding carboxylic acids is 2. The fraction of sp³-hybridized carbons (Fsp3) is 0.350. The molecule has 2 amide bonds. The van der Waals surface area contributed by atoms with E-state index >= 15 is 0 Å². The first-order valence-electron chi connectivity index (χ1n) is 8.75. The van der Waals surface area contributed by atoms with E-state index in [1.54, 1.807) is 25.4 Å². The molecule has 2 aromatic rings. The zero-order chi connectivity index (χ0) is 19.6. The van der Waals surface area contributed by atoms with Gasteiger partial charge in [-0.05, 0) is 50.6 Å². The third-order valence-electron chi connectivity index (χ3n) is 4.48. The highest BCUT2D eigenvalue weighted by Gasteiger charge is 2.51. The first-order chi connectivity index (χ1) is 12.9. The van der Waals surface area contributed by atoms with E-state index in [9.17, 15) is 9.59 Å². The van der Waals surface area contributed by atoms with Crippen LogP contribution in [0.4, 0.5) is 5.82 Å². The lowest BCUT2D eigenvalue weighted by Crippen LogP contribution is -2.63. The van der Waals surface area contributed by atoms with Crippen LogP contribution in [0.5, 0.6) is 11.5 Å². The standard InChI is InChI=1S/C20H23N3O4/c1-13(2)23-17-16(6-5-11-21-17)27-20(3,19(23)25)18(24)22-12-14-7-9-15(26-4)10-8-14/h5-11,13H,12H2,1-4H3,(H,22,24)/t20-/m0/s1. The minimum absolute atomic E-state index is 0.163. The lowest BCUT2D eigenvalue weighted by atomic mass is 9.99. The van der Waals surface area contributed by atoms with E-state index in [-0.39, 0.29) is 12.6 Å². The second kappa shape index (κ2) is 7.26. The molecular formula is C20H23N3O4. The number of benzene rings is 1. The third-order valence-corrected chi connectivity index (χ3v) is 4.48. The van der Waals surface area contributed by atoms with E-state index in [1.807, 2.05) is 38.1 Å². The Kier molecular flexibility index (Phi) is 5.03. The van der Waals surface area contributed by atoms with Crippen LogP contribution in [0.2, 0.25) is 0 Å². The molecule has 1 aromatic carbocycles. The number of nitrogens with one attached hydrogen (secondary N) is 1. The Morgan fingerprint density at radius 1 is 1.30 bits per heavy atom. The van der Waals surface area contributed by atoms with Gasteiger partial charge in [0.1, 0.15) is 5.75 Å². The van der Waals surface area contributed by atoms with Gasteiger partial charge in [0, 0.05) is 18.8 Å². The zero-order valence-corrected chi connectivity index (χ0v) is 15.9. The summed E-state index contributed by atoms with van der Waals surface area (Å²) in [5, 5.41) is 2.79. The fourth-order valence-electron chi connectivity index (χ4n) is 2.95. The number of carbonyl (C=O) groups is 2. The van der Waals surface area contributed by atoms with Crippen LogP contribution >= 0.6 is 0 Å². The number of hydrogen-bond acceptors (Lipinski definition) is 5. The maximum absolute atomic E-state index is 13.1. The molecule has 0 unspecified atom stereocenters. The van der Waals surface area contributed by atoms with E-state index in [0.29, 0.717) is 11.6 Å². The zero-order valence-electron chi connectivity index (χ0n) is 15.9. The monoisotopic (exact) mass is 369 g/mol. The molecule has 0 fully saturated rings. The molecule has 1 aliphatic heterocycles. The van der Waals surface area contributed by atoms with Gasteiger partial charge in [-0.25, -0.2) is 4.98 Å². The average molecular weight is 369 g/mol. The number of aromatic nitrogens is 1. The van der Waals surface area contributed by atoms with Crippen molar-refractivity contribution < 1.29 is 19.1 Å². The van der Waals surface area contributed by atoms with Gasteiger partial charge in [-0.2, -0.15) is 0 Å². The van der Waals surface area contributed by atoms with Gasteiger partial charge >= 0.3 is 0 Å². The van der Waals surface area contributed by atoms with Crippen molar-refractivity contribution >= 4 is 17.6 Å². The number of hydrogen-bond donors (Lipinski definition) is 1. The van der Waals surface area contributed by atoms with E-state index < -0.39 is 17.4 Å². The molecule has 0 saturated heterocycles. The lowest BCUT2D eigenvalue weighted by molar-refractivity contribution is -0.148. The molecule has 0 saturated carbocycles. The Labute approximate surface area is 158 Å². The number of fused-ring (bicyclic) bond motifs is 1. The molecule has 142 valence electrons. The van der Waals surface area contributed by atoms with Gasteiger partial charge in [0.15, 0.2) is 11.6 Å². The second-order valence-electron chi connectivity index (χ2n) is 6.76. The number of amides is 2. The quantitative estimate of drug-likeness (QED) is 0.818. The molecular weight excluding hydrogens is 346 g/mol. The van der Waals surface area contributed by atoms with Crippen LogP contribution in [0.1, 0.15) is 26.3 Å². The number of rotatable bonds is 5. The van der Waals surface area contributed by atoms with Gasteiger partial charge in [-0.15, -0.1) is 0 Å². The first kappa shape index (κ1) is 18.7. The van der Waals surface area contributed by atoms with Crippen molar-refractivity contribution in [3.8, 4) is 11.5 Å². The largest absolute Gasteiger partial charge is 0.497 e. The van der Waals surface area contributed by atoms with Crippen LogP contribution in [0.3, 0.4) is 0 Å². The molecule has 0 spiro atoms. The highest BCUT2D eigenvalue weighted by atomic mass is 16.5. The summed E-state index contributed by atoms with van der Waals surface area (Å²) in [5.74, 6) is 0.643. The van der Waals surface area contributed by atoms with Crippen LogP contribution in [-0.2, 0) is 16.1 Å². The Morgan fingerprint density at radius 3 is 2.63 bits per heavy atom. The van der Waals surface area contributed by atoms with E-state index in [4.69, 9.17) is 9.47 Å². The van der Waals surface area contributed by atoms with Gasteiger partial charge < -0.3 is 14.8 Å². The molecule has 2 heterocycles. The molecule has 1 aromatic heterocycles. The Hall–Kier alpha value is -3.09. The van der Waals surface area contributed by atoms with Crippen LogP contribution in [0.25, 0.3) is 0 Å². The lowest BCUT2D eigenvalue weighted by Gasteiger charge is -2.40. The van der Waals surface area contributed by atoms with Crippen molar-refractivity contribution in [2.75, 3.05) is 12.0 Å². The molecule has 1 atom stereocenters. The molecule has 0 bridgehead atoms. The van der Waals surface area contributed by atoms with Gasteiger partial charge in [-0.3, -0.25) is 14.5 Å². The summed E-state index contributed by atoms with van der Waals surface area (Å²) in [6.45, 7) is 5.51. The second-order valence-corrected chi connectivity index (χ2v) is 6.76. The van der Waals surface area contributed by atoms with Crippen molar-refractivity contribution in [2.24, 2.45) is 0 Å². The van der Waals surface area contributed by atoms with Crippen molar-refractivity contribution in [1.29, 1.82) is 0 Å². The van der Waals surface area contributed by atoms with E-state index in [0.717, 1.165) is 11.3 Å². The average Bonchev–Trinajstić information content (AvgIpc) is 2.67. The number of ether oxygens (including phenoxy) is 2. The molecule has 1 aliphatic rings. The third kappa shape index (κ3) is 3.45. The van der Waals surface area contributed by atoms with Crippen molar-refractivity contribution in [2.45, 2.75) is 39.0 Å². The number of nitrogens with zero attached hydrogens (tertiary/aromatic N) is 2. The van der Waals surface area contributed by atoms with Gasteiger partial charge in [0.2, 0.25) is 0 Å². The summed E-state index contributed by atoms with van der Waals surface area (Å²) in [7, 11) is 1.59. The summed E-state index contributed by atoms with van der Waals surface area (Å²) in [6.07, 6.45) is 1.59. The molecule has 1 N–H and O–H groups in total. The number of anilines is 1. The summed E-state index contributed by atoms with van der Waals surface area (Å²) in [6, 6.07) is 10.6. The maximum Gasteiger partial charge on any atom is 0.282 e. The summed E-state index contributed by atoms with van der Waals surface area (Å²) in [4.78, 5) is 31.7. The fourth-order valence-corrected chi connectivity index (χ4v) is 2.95. The smallest absolute Gasteiger partial charge is 0.282 e. The highest BCUT2D eigenvalue weighted by molar-refractivity contribution is 6.16. The molecule has 27 heavy (non-hydrogen) atoms. The van der Waals surface area contributed by atoms with Crippen LogP contribution < -0.4 is 19.7 Å². The summed E-state index contributed by atoms with van der Waals surface area (Å²) in [5.41, 5.74) is -0.772. The molecule has 7 heteroatoms. The molecule has 0 aliphatic carbocycles. The molecule has 3 rings (SSSR count). The normalized spacial score (nSPS) is 18.7. The van der Waals surface area contributed by atoms with Crippen molar-refractivity contribution in [3.63, 3.8) is 0 Å². The summed E-state index contributed by atoms with van der Waals surface area (Å²) >= 11 is 0. The topological polar surface area (TPSA) is 80.8 Å². The first-order valence-corrected chi connectivity index (χ1v) is 8.75. The van der Waals surface area contributed by atoms with Crippen molar-refractivity contribution in [1.82, 2.24) is 10.3 Å². The minimum atomic E-state index is -1.66. The van der Waals surface area contributed by atoms with Gasteiger partial charge in [-0.1, -0.05) is 12.1 Å². The van der Waals surface area contributed by atoms with Crippen LogP contribution in [0, 0.1) is 0 Å². The number of methoxy groups -OCH3 is 1. The Morgan fingerprint density at radius 2 is 2.00 bits per heavy atom. The number of pyridine rings is 1. The van der Waals surface area contributed by atoms with Crippen LogP contribution in [-0.4, -0.2) is 35.6 Å². The molecule has 7 nitrogen and oxygen atoms in total. The molecule has 0 radical (unpaired) electrons. The van der Waals surface area contributed by atoms with Gasteiger partial charge in [0.05, 0.1) is 7.11 Å². The highest BCUT2D eigenvalue weighted by Crippen LogP contribution is 2.37. The van der Waals surface area contributed by atoms with E-state index in [2.05, 4.69) is 10.3 Å². The Bertz CT molecular complexity index is 851. The van der Waals surface area contributed by atoms with E-state index in [1.165, 1.54) is 11.8 Å². The predicted molar refractivity (Wildman–Crippen MR) is 101 cm³/mol. The van der Waals surface area contributed by atoms with Gasteiger partial charge in [0.25, 0.3) is 17.4 Å². The van der Waals surface area contributed by atoms with Crippen LogP contribution in [0.15, 0.2) is 42.6 Å². The summed E-state index contributed by atoms with van der Waals surface area (Å²) < 4.78 is 10.9. The SMILES string of the molecule is COc1ccc(CNC(=O)[C@]2(C)Oc3cccnc3N(C(C)C)C2=O)cc1. The maximum atomic E-state index is 13.1. The predicted octanol–water partition coefficient (Wildman–Crippen LogP) is 2.30.